The zero-order valence-corrected chi connectivity index (χ0v) is 9.51. The quantitative estimate of drug-likeness (QED) is 0.726. The van der Waals surface area contributed by atoms with Gasteiger partial charge in [-0.05, 0) is 37.1 Å². The van der Waals surface area contributed by atoms with Gasteiger partial charge in [-0.3, -0.25) is 4.79 Å². The zero-order chi connectivity index (χ0) is 10.3. The number of carbonyl (C=O) groups excluding carboxylic acids is 1. The van der Waals surface area contributed by atoms with E-state index in [0.717, 1.165) is 32.9 Å². The number of aldehydes is 1. The molecule has 0 bridgehead atoms. The van der Waals surface area contributed by atoms with E-state index in [1.165, 1.54) is 0 Å². The average molecular weight is 253 g/mol. The van der Waals surface area contributed by atoms with E-state index < -0.39 is 0 Å². The Morgan fingerprint density at radius 2 is 2.07 bits per heavy atom. The number of aryl methyl sites for hydroxylation is 2. The summed E-state index contributed by atoms with van der Waals surface area (Å²) in [5.74, 6) is 0.376. The molecule has 2 aromatic rings. The molecule has 1 aromatic carbocycles. The monoisotopic (exact) mass is 252 g/mol. The molecule has 0 unspecified atom stereocenters. The van der Waals surface area contributed by atoms with Gasteiger partial charge in [0, 0.05) is 9.86 Å². The van der Waals surface area contributed by atoms with Gasteiger partial charge in [0.2, 0.25) is 0 Å². The van der Waals surface area contributed by atoms with Crippen LogP contribution in [-0.4, -0.2) is 6.29 Å². The van der Waals surface area contributed by atoms with Gasteiger partial charge >= 0.3 is 0 Å². The van der Waals surface area contributed by atoms with Crippen LogP contribution in [0.15, 0.2) is 21.0 Å². The maximum Gasteiger partial charge on any atom is 0.185 e. The van der Waals surface area contributed by atoms with Crippen LogP contribution in [0, 0.1) is 13.8 Å². The molecule has 0 atom stereocenters. The van der Waals surface area contributed by atoms with Crippen molar-refractivity contribution in [3.8, 4) is 0 Å². The summed E-state index contributed by atoms with van der Waals surface area (Å²) < 4.78 is 6.42. The molecule has 0 amide bonds. The van der Waals surface area contributed by atoms with E-state index in [0.29, 0.717) is 5.76 Å². The summed E-state index contributed by atoms with van der Waals surface area (Å²) in [5, 5.41) is 0.990. The minimum absolute atomic E-state index is 0.376. The van der Waals surface area contributed by atoms with Gasteiger partial charge in [-0.1, -0.05) is 15.9 Å². The molecule has 72 valence electrons. The summed E-state index contributed by atoms with van der Waals surface area (Å²) in [6.45, 7) is 4.00. The lowest BCUT2D eigenvalue weighted by atomic mass is 10.1. The molecule has 1 heterocycles. The Morgan fingerprint density at radius 1 is 1.36 bits per heavy atom. The Balaban J connectivity index is 2.87. The van der Waals surface area contributed by atoms with Crippen LogP contribution in [0.2, 0.25) is 0 Å². The van der Waals surface area contributed by atoms with Crippen molar-refractivity contribution in [2.45, 2.75) is 13.8 Å². The van der Waals surface area contributed by atoms with Crippen LogP contribution in [0.4, 0.5) is 0 Å². The number of hydrogen-bond donors (Lipinski definition) is 0. The van der Waals surface area contributed by atoms with Crippen molar-refractivity contribution < 1.29 is 9.21 Å². The highest BCUT2D eigenvalue weighted by atomic mass is 79.9. The van der Waals surface area contributed by atoms with Crippen molar-refractivity contribution >= 4 is 33.2 Å². The molecule has 0 aliphatic rings. The topological polar surface area (TPSA) is 30.2 Å². The first-order valence-electron chi connectivity index (χ1n) is 4.28. The zero-order valence-electron chi connectivity index (χ0n) is 7.93. The minimum Gasteiger partial charge on any atom is -0.453 e. The van der Waals surface area contributed by atoms with Crippen molar-refractivity contribution in [1.29, 1.82) is 0 Å². The molecule has 0 saturated carbocycles. The van der Waals surface area contributed by atoms with Gasteiger partial charge in [0.25, 0.3) is 0 Å². The maximum atomic E-state index is 10.6. The van der Waals surface area contributed by atoms with Crippen LogP contribution in [0.25, 0.3) is 11.0 Å². The second-order valence-corrected chi connectivity index (χ2v) is 4.10. The number of rotatable bonds is 1. The second-order valence-electron chi connectivity index (χ2n) is 3.31. The smallest absolute Gasteiger partial charge is 0.185 e. The van der Waals surface area contributed by atoms with E-state index >= 15 is 0 Å². The molecule has 0 aliphatic carbocycles. The SMILES string of the molecule is Cc1cc2oc(C=O)cc2c(C)c1Br. The van der Waals surface area contributed by atoms with E-state index in [9.17, 15) is 4.79 Å². The van der Waals surface area contributed by atoms with Crippen LogP contribution < -0.4 is 0 Å². The first kappa shape index (κ1) is 9.46. The number of halogens is 1. The minimum atomic E-state index is 0.376. The Bertz CT molecular complexity index is 511. The maximum absolute atomic E-state index is 10.6. The van der Waals surface area contributed by atoms with Crippen molar-refractivity contribution in [3.63, 3.8) is 0 Å². The predicted octanol–water partition coefficient (Wildman–Crippen LogP) is 3.62. The first-order valence-corrected chi connectivity index (χ1v) is 5.07. The van der Waals surface area contributed by atoms with Gasteiger partial charge in [-0.15, -0.1) is 0 Å². The summed E-state index contributed by atoms with van der Waals surface area (Å²) >= 11 is 3.50. The molecule has 2 rings (SSSR count). The van der Waals surface area contributed by atoms with E-state index in [-0.39, 0.29) is 0 Å². The Labute approximate surface area is 90.0 Å². The van der Waals surface area contributed by atoms with Crippen LogP contribution in [0.5, 0.6) is 0 Å². The summed E-state index contributed by atoms with van der Waals surface area (Å²) in [4.78, 5) is 10.6. The molecular weight excluding hydrogens is 244 g/mol. The summed E-state index contributed by atoms with van der Waals surface area (Å²) in [6, 6.07) is 3.70. The summed E-state index contributed by atoms with van der Waals surface area (Å²) in [7, 11) is 0. The van der Waals surface area contributed by atoms with Crippen LogP contribution in [0.3, 0.4) is 0 Å². The summed E-state index contributed by atoms with van der Waals surface area (Å²) in [5.41, 5.74) is 2.99. The number of fused-ring (bicyclic) bond motifs is 1. The Kier molecular flexibility index (Phi) is 2.19. The van der Waals surface area contributed by atoms with Crippen LogP contribution >= 0.6 is 15.9 Å². The van der Waals surface area contributed by atoms with Gasteiger partial charge in [0.05, 0.1) is 0 Å². The standard InChI is InChI=1S/C11H9BrO2/c1-6-3-10-9(7(2)11(6)12)4-8(5-13)14-10/h3-5H,1-2H3. The number of furan rings is 1. The molecular formula is C11H9BrO2. The van der Waals surface area contributed by atoms with Gasteiger partial charge in [0.15, 0.2) is 12.0 Å². The van der Waals surface area contributed by atoms with Crippen molar-refractivity contribution in [2.75, 3.05) is 0 Å². The molecule has 0 spiro atoms. The highest BCUT2D eigenvalue weighted by molar-refractivity contribution is 9.10. The van der Waals surface area contributed by atoms with Gasteiger partial charge in [-0.25, -0.2) is 0 Å². The van der Waals surface area contributed by atoms with E-state index in [1.807, 2.05) is 19.9 Å². The first-order chi connectivity index (χ1) is 6.63. The molecule has 0 aliphatic heterocycles. The lowest BCUT2D eigenvalue weighted by Crippen LogP contribution is -1.81. The number of carbonyl (C=O) groups is 1. The molecule has 1 aromatic heterocycles. The third-order valence-corrected chi connectivity index (χ3v) is 3.54. The largest absolute Gasteiger partial charge is 0.453 e. The number of benzene rings is 1. The average Bonchev–Trinajstić information content (AvgIpc) is 2.57. The van der Waals surface area contributed by atoms with Gasteiger partial charge in [-0.2, -0.15) is 0 Å². The fourth-order valence-electron chi connectivity index (χ4n) is 1.56. The third-order valence-electron chi connectivity index (χ3n) is 2.32. The number of hydrogen-bond acceptors (Lipinski definition) is 2. The fraction of sp³-hybridized carbons (Fsp3) is 0.182. The lowest BCUT2D eigenvalue weighted by molar-refractivity contribution is 0.110. The normalized spacial score (nSPS) is 10.8. The van der Waals surface area contributed by atoms with E-state index in [1.54, 1.807) is 6.07 Å². The molecule has 0 radical (unpaired) electrons. The molecule has 0 N–H and O–H groups in total. The van der Waals surface area contributed by atoms with Crippen molar-refractivity contribution in [3.05, 3.63) is 33.5 Å². The summed E-state index contributed by atoms with van der Waals surface area (Å²) in [6.07, 6.45) is 0.725. The molecule has 14 heavy (non-hydrogen) atoms. The highest BCUT2D eigenvalue weighted by Gasteiger charge is 2.09. The second kappa shape index (κ2) is 3.24. The van der Waals surface area contributed by atoms with E-state index in [4.69, 9.17) is 4.42 Å². The molecule has 0 fully saturated rings. The highest BCUT2D eigenvalue weighted by Crippen LogP contribution is 2.30. The van der Waals surface area contributed by atoms with Gasteiger partial charge < -0.3 is 4.42 Å². The van der Waals surface area contributed by atoms with Gasteiger partial charge in [0.1, 0.15) is 5.58 Å². The molecule has 2 nitrogen and oxygen atoms in total. The molecule has 0 saturated heterocycles. The third kappa shape index (κ3) is 1.28. The molecule has 3 heteroatoms. The Hall–Kier alpha value is -1.09. The Morgan fingerprint density at radius 3 is 2.71 bits per heavy atom. The van der Waals surface area contributed by atoms with Crippen LogP contribution in [-0.2, 0) is 0 Å². The van der Waals surface area contributed by atoms with Crippen molar-refractivity contribution in [1.82, 2.24) is 0 Å². The van der Waals surface area contributed by atoms with E-state index in [2.05, 4.69) is 15.9 Å². The lowest BCUT2D eigenvalue weighted by Gasteiger charge is -2.02. The fourth-order valence-corrected chi connectivity index (χ4v) is 1.89. The predicted molar refractivity (Wildman–Crippen MR) is 58.8 cm³/mol. The van der Waals surface area contributed by atoms with Crippen molar-refractivity contribution in [2.24, 2.45) is 0 Å². The van der Waals surface area contributed by atoms with Crippen LogP contribution in [0.1, 0.15) is 21.7 Å².